The van der Waals surface area contributed by atoms with Crippen LogP contribution in [0.25, 0.3) is 10.9 Å². The Balaban J connectivity index is 1.62. The number of aromatic amines is 1. The first kappa shape index (κ1) is 16.0. The van der Waals surface area contributed by atoms with Crippen LogP contribution < -0.4 is 5.32 Å². The Morgan fingerprint density at radius 2 is 2.33 bits per heavy atom. The number of nitrogens with one attached hydrogen (secondary N) is 2. The van der Waals surface area contributed by atoms with Crippen LogP contribution in [0.15, 0.2) is 24.4 Å². The Kier molecular flexibility index (Phi) is 4.47. The topological polar surface area (TPSA) is 89.0 Å². The van der Waals surface area contributed by atoms with Crippen molar-refractivity contribution in [1.82, 2.24) is 15.2 Å². The number of amides is 2. The van der Waals surface area contributed by atoms with Gasteiger partial charge in [0.2, 0.25) is 11.8 Å². The molecular weight excluding hydrogens is 311 g/mol. The minimum atomic E-state index is -0.411. The molecule has 1 aromatic carbocycles. The molecule has 2 N–H and O–H groups in total. The van der Waals surface area contributed by atoms with E-state index in [1.54, 1.807) is 11.0 Å². The van der Waals surface area contributed by atoms with E-state index in [0.717, 1.165) is 16.5 Å². The summed E-state index contributed by atoms with van der Waals surface area (Å²) in [6, 6.07) is 6.41. The molecule has 124 valence electrons. The van der Waals surface area contributed by atoms with Crippen molar-refractivity contribution in [2.45, 2.75) is 12.8 Å². The summed E-state index contributed by atoms with van der Waals surface area (Å²) in [5.41, 5.74) is 1.79. The quantitative estimate of drug-likeness (QED) is 0.812. The monoisotopic (exact) mass is 328 g/mol. The molecule has 3 rings (SSSR count). The maximum atomic E-state index is 13.4. The van der Waals surface area contributed by atoms with Crippen molar-refractivity contribution in [3.05, 3.63) is 35.8 Å². The number of halogens is 1. The number of aromatic nitrogens is 1. The maximum absolute atomic E-state index is 13.4. The molecule has 0 bridgehead atoms. The second-order valence-corrected chi connectivity index (χ2v) is 5.87. The molecule has 1 aromatic heterocycles. The Morgan fingerprint density at radius 3 is 3.12 bits per heavy atom. The first-order chi connectivity index (χ1) is 11.6. The van der Waals surface area contributed by atoms with Crippen LogP contribution in [0.2, 0.25) is 0 Å². The summed E-state index contributed by atoms with van der Waals surface area (Å²) >= 11 is 0. The molecule has 2 heterocycles. The molecule has 6 nitrogen and oxygen atoms in total. The zero-order valence-electron chi connectivity index (χ0n) is 13.0. The predicted molar refractivity (Wildman–Crippen MR) is 85.3 cm³/mol. The Bertz CT molecular complexity index is 824. The number of fused-ring (bicyclic) bond motifs is 1. The third-order valence-electron chi connectivity index (χ3n) is 4.31. The minimum absolute atomic E-state index is 0.0512. The lowest BCUT2D eigenvalue weighted by molar-refractivity contribution is -0.128. The van der Waals surface area contributed by atoms with E-state index in [-0.39, 0.29) is 30.6 Å². The fourth-order valence-corrected chi connectivity index (χ4v) is 3.05. The van der Waals surface area contributed by atoms with E-state index in [1.165, 1.54) is 12.1 Å². The molecule has 0 unspecified atom stereocenters. The summed E-state index contributed by atoms with van der Waals surface area (Å²) in [7, 11) is 0. The SMILES string of the molecule is N#CCNC(=O)[C@H]1CC(=O)N(CCc2c[nH]c3ccc(F)cc23)C1. The van der Waals surface area contributed by atoms with Crippen molar-refractivity contribution in [1.29, 1.82) is 5.26 Å². The molecule has 24 heavy (non-hydrogen) atoms. The van der Waals surface area contributed by atoms with Crippen LogP contribution in [0.4, 0.5) is 4.39 Å². The number of carbonyl (C=O) groups is 2. The van der Waals surface area contributed by atoms with Gasteiger partial charge in [-0.3, -0.25) is 9.59 Å². The highest BCUT2D eigenvalue weighted by molar-refractivity contribution is 5.89. The third kappa shape index (κ3) is 3.23. The van der Waals surface area contributed by atoms with Gasteiger partial charge < -0.3 is 15.2 Å². The summed E-state index contributed by atoms with van der Waals surface area (Å²) in [5.74, 6) is -1.04. The molecule has 7 heteroatoms. The van der Waals surface area contributed by atoms with Crippen LogP contribution in [0.3, 0.4) is 0 Å². The number of nitrogens with zero attached hydrogens (tertiary/aromatic N) is 2. The first-order valence-electron chi connectivity index (χ1n) is 7.76. The van der Waals surface area contributed by atoms with E-state index >= 15 is 0 Å². The van der Waals surface area contributed by atoms with Gasteiger partial charge in [-0.15, -0.1) is 0 Å². The molecular formula is C17H17FN4O2. The van der Waals surface area contributed by atoms with Crippen LogP contribution in [0, 0.1) is 23.1 Å². The van der Waals surface area contributed by atoms with Gasteiger partial charge in [0.25, 0.3) is 0 Å². The fraction of sp³-hybridized carbons (Fsp3) is 0.353. The second-order valence-electron chi connectivity index (χ2n) is 5.87. The van der Waals surface area contributed by atoms with Gasteiger partial charge in [-0.2, -0.15) is 5.26 Å². The summed E-state index contributed by atoms with van der Waals surface area (Å²) < 4.78 is 13.4. The van der Waals surface area contributed by atoms with E-state index < -0.39 is 5.92 Å². The molecule has 2 amide bonds. The Hall–Kier alpha value is -2.88. The highest BCUT2D eigenvalue weighted by Gasteiger charge is 2.33. The zero-order chi connectivity index (χ0) is 17.1. The van der Waals surface area contributed by atoms with Crippen molar-refractivity contribution >= 4 is 22.7 Å². The molecule has 1 aliphatic heterocycles. The van der Waals surface area contributed by atoms with Crippen molar-refractivity contribution in [3.8, 4) is 6.07 Å². The lowest BCUT2D eigenvalue weighted by Crippen LogP contribution is -2.33. The summed E-state index contributed by atoms with van der Waals surface area (Å²) in [5, 5.41) is 11.8. The second kappa shape index (κ2) is 6.71. The highest BCUT2D eigenvalue weighted by atomic mass is 19.1. The zero-order valence-corrected chi connectivity index (χ0v) is 13.0. The first-order valence-corrected chi connectivity index (χ1v) is 7.76. The lowest BCUT2D eigenvalue weighted by atomic mass is 10.1. The summed E-state index contributed by atoms with van der Waals surface area (Å²) in [4.78, 5) is 28.6. The van der Waals surface area contributed by atoms with E-state index in [9.17, 15) is 14.0 Å². The van der Waals surface area contributed by atoms with Gasteiger partial charge in [0.15, 0.2) is 0 Å². The number of hydrogen-bond donors (Lipinski definition) is 2. The molecule has 0 spiro atoms. The van der Waals surface area contributed by atoms with Crippen LogP contribution in [-0.2, 0) is 16.0 Å². The standard InChI is InChI=1S/C17H17FN4O2/c18-13-1-2-15-14(8-13)11(9-21-15)3-6-22-10-12(7-16(22)23)17(24)20-5-4-19/h1-2,8-9,12,21H,3,5-7,10H2,(H,20,24)/t12-/m0/s1. The van der Waals surface area contributed by atoms with Crippen molar-refractivity contribution in [2.24, 2.45) is 5.92 Å². The lowest BCUT2D eigenvalue weighted by Gasteiger charge is -2.16. The van der Waals surface area contributed by atoms with Crippen LogP contribution in [-0.4, -0.2) is 41.3 Å². The number of likely N-dealkylation sites (tertiary alicyclic amines) is 1. The van der Waals surface area contributed by atoms with Crippen LogP contribution in [0.5, 0.6) is 0 Å². The van der Waals surface area contributed by atoms with Crippen molar-refractivity contribution in [3.63, 3.8) is 0 Å². The van der Waals surface area contributed by atoms with Gasteiger partial charge in [0, 0.05) is 36.6 Å². The van der Waals surface area contributed by atoms with E-state index in [2.05, 4.69) is 10.3 Å². The molecule has 0 radical (unpaired) electrons. The van der Waals surface area contributed by atoms with Gasteiger partial charge in [-0.1, -0.05) is 0 Å². The van der Waals surface area contributed by atoms with Gasteiger partial charge in [0.1, 0.15) is 12.4 Å². The number of benzene rings is 1. The Morgan fingerprint density at radius 1 is 1.50 bits per heavy atom. The largest absolute Gasteiger partial charge is 0.361 e. The van der Waals surface area contributed by atoms with E-state index in [0.29, 0.717) is 19.5 Å². The van der Waals surface area contributed by atoms with E-state index in [1.807, 2.05) is 12.3 Å². The molecule has 0 saturated carbocycles. The highest BCUT2D eigenvalue weighted by Crippen LogP contribution is 2.22. The van der Waals surface area contributed by atoms with Gasteiger partial charge in [-0.25, -0.2) is 4.39 Å². The smallest absolute Gasteiger partial charge is 0.226 e. The number of carbonyl (C=O) groups excluding carboxylic acids is 2. The number of rotatable bonds is 5. The molecule has 1 saturated heterocycles. The molecule has 2 aromatic rings. The van der Waals surface area contributed by atoms with Crippen LogP contribution in [0.1, 0.15) is 12.0 Å². The van der Waals surface area contributed by atoms with Crippen LogP contribution >= 0.6 is 0 Å². The third-order valence-corrected chi connectivity index (χ3v) is 4.31. The van der Waals surface area contributed by atoms with E-state index in [4.69, 9.17) is 5.26 Å². The number of nitriles is 1. The fourth-order valence-electron chi connectivity index (χ4n) is 3.05. The van der Waals surface area contributed by atoms with Gasteiger partial charge in [-0.05, 0) is 30.2 Å². The number of H-pyrrole nitrogens is 1. The maximum Gasteiger partial charge on any atom is 0.226 e. The molecule has 0 aliphatic carbocycles. The average Bonchev–Trinajstić information content (AvgIpc) is 3.14. The number of hydrogen-bond acceptors (Lipinski definition) is 3. The molecule has 1 aliphatic rings. The molecule has 1 fully saturated rings. The summed E-state index contributed by atoms with van der Waals surface area (Å²) in [6.07, 6.45) is 2.57. The van der Waals surface area contributed by atoms with Crippen molar-refractivity contribution in [2.75, 3.05) is 19.6 Å². The molecule has 1 atom stereocenters. The summed E-state index contributed by atoms with van der Waals surface area (Å²) in [6.45, 7) is 0.779. The van der Waals surface area contributed by atoms with Gasteiger partial charge >= 0.3 is 0 Å². The van der Waals surface area contributed by atoms with Crippen molar-refractivity contribution < 1.29 is 14.0 Å². The normalized spacial score (nSPS) is 17.2. The van der Waals surface area contributed by atoms with Gasteiger partial charge in [0.05, 0.1) is 12.0 Å². The predicted octanol–water partition coefficient (Wildman–Crippen LogP) is 1.34. The minimum Gasteiger partial charge on any atom is -0.361 e. The average molecular weight is 328 g/mol. The Labute approximate surface area is 138 Å².